The number of fused-ring (bicyclic) bond motifs is 1. The molecule has 1 heterocycles. The van der Waals surface area contributed by atoms with Crippen LogP contribution in [-0.4, -0.2) is 43.0 Å². The van der Waals surface area contributed by atoms with Gasteiger partial charge in [-0.3, -0.25) is 0 Å². The van der Waals surface area contributed by atoms with Gasteiger partial charge in [0.25, 0.3) is 0 Å². The van der Waals surface area contributed by atoms with E-state index in [0.29, 0.717) is 18.2 Å². The van der Waals surface area contributed by atoms with Crippen molar-refractivity contribution in [1.82, 2.24) is 4.90 Å². The molecule has 1 aliphatic heterocycles. The molecule has 2 fully saturated rings. The van der Waals surface area contributed by atoms with Gasteiger partial charge in [-0.25, -0.2) is 0 Å². The first-order chi connectivity index (χ1) is 17.1. The topological polar surface area (TPSA) is 21.7 Å². The fourth-order valence-electron chi connectivity index (χ4n) is 6.08. The van der Waals surface area contributed by atoms with Crippen molar-refractivity contribution in [2.24, 2.45) is 0 Å². The second kappa shape index (κ2) is 18.8. The van der Waals surface area contributed by atoms with E-state index in [1.807, 2.05) is 0 Å². The zero-order valence-electron chi connectivity index (χ0n) is 24.2. The number of rotatable bonds is 22. The summed E-state index contributed by atoms with van der Waals surface area (Å²) in [6.45, 7) is 4.51. The summed E-state index contributed by atoms with van der Waals surface area (Å²) in [5, 5.41) is 0. The van der Waals surface area contributed by atoms with Gasteiger partial charge in [0, 0.05) is 18.9 Å². The Hall–Kier alpha value is -0.380. The van der Waals surface area contributed by atoms with Crippen molar-refractivity contribution in [2.75, 3.05) is 14.1 Å². The quantitative estimate of drug-likeness (QED) is 0.111. The molecular formula is C32H61NO2. The van der Waals surface area contributed by atoms with Crippen LogP contribution in [0.25, 0.3) is 0 Å². The van der Waals surface area contributed by atoms with Gasteiger partial charge in [-0.15, -0.1) is 0 Å². The first-order valence-corrected chi connectivity index (χ1v) is 15.8. The Morgan fingerprint density at radius 1 is 0.629 bits per heavy atom. The van der Waals surface area contributed by atoms with Crippen molar-refractivity contribution in [1.29, 1.82) is 0 Å². The molecule has 1 saturated heterocycles. The number of hydrogen-bond acceptors (Lipinski definition) is 3. The normalized spacial score (nSPS) is 26.4. The molecule has 206 valence electrons. The SMILES string of the molecule is CC/C=C\CCCCCCCCC1(CCCCCCCCCCCC)O[C@H]2CC(N(C)C)C[C@H]2O1. The molecule has 0 aromatic carbocycles. The van der Waals surface area contributed by atoms with Crippen LogP contribution >= 0.6 is 0 Å². The highest BCUT2D eigenvalue weighted by Crippen LogP contribution is 2.44. The first kappa shape index (κ1) is 30.8. The molecule has 0 radical (unpaired) electrons. The van der Waals surface area contributed by atoms with Crippen LogP contribution < -0.4 is 0 Å². The summed E-state index contributed by atoms with van der Waals surface area (Å²) < 4.78 is 13.5. The average molecular weight is 492 g/mol. The molecular weight excluding hydrogens is 430 g/mol. The van der Waals surface area contributed by atoms with E-state index in [1.54, 1.807) is 0 Å². The molecule has 0 bridgehead atoms. The second-order valence-electron chi connectivity index (χ2n) is 11.8. The molecule has 1 saturated carbocycles. The molecule has 3 heteroatoms. The van der Waals surface area contributed by atoms with E-state index in [4.69, 9.17) is 9.47 Å². The Morgan fingerprint density at radius 2 is 1.09 bits per heavy atom. The maximum absolute atomic E-state index is 6.76. The van der Waals surface area contributed by atoms with E-state index in [2.05, 4.69) is 45.0 Å². The van der Waals surface area contributed by atoms with Gasteiger partial charge in [0.2, 0.25) is 0 Å². The van der Waals surface area contributed by atoms with E-state index in [9.17, 15) is 0 Å². The third-order valence-electron chi connectivity index (χ3n) is 8.38. The van der Waals surface area contributed by atoms with Gasteiger partial charge in [-0.2, -0.15) is 0 Å². The van der Waals surface area contributed by atoms with E-state index in [0.717, 1.165) is 25.7 Å². The van der Waals surface area contributed by atoms with E-state index in [1.165, 1.54) is 116 Å². The van der Waals surface area contributed by atoms with Gasteiger partial charge in [0.1, 0.15) is 0 Å². The Balaban J connectivity index is 1.64. The Morgan fingerprint density at radius 3 is 1.54 bits per heavy atom. The summed E-state index contributed by atoms with van der Waals surface area (Å²) in [5.74, 6) is -0.280. The first-order valence-electron chi connectivity index (χ1n) is 15.8. The molecule has 2 unspecified atom stereocenters. The standard InChI is InChI=1S/C32H61NO2/c1-5-7-9-11-13-15-17-19-21-23-25-32(26-24-22-20-18-16-14-12-10-8-6-2)34-30-27-29(33(3)4)28-31(30)35-32/h7,9,29-31H,5-6,8,10-28H2,1-4H3/b9-7-/t29?,30-,31+,32?. The lowest BCUT2D eigenvalue weighted by molar-refractivity contribution is -0.193. The van der Waals surface area contributed by atoms with Crippen molar-refractivity contribution in [3.63, 3.8) is 0 Å². The summed E-state index contributed by atoms with van der Waals surface area (Å²) in [6.07, 6.45) is 34.1. The predicted molar refractivity (Wildman–Crippen MR) is 152 cm³/mol. The Kier molecular flexibility index (Phi) is 16.6. The van der Waals surface area contributed by atoms with Gasteiger partial charge >= 0.3 is 0 Å². The van der Waals surface area contributed by atoms with Gasteiger partial charge in [-0.1, -0.05) is 109 Å². The van der Waals surface area contributed by atoms with Crippen LogP contribution in [0.1, 0.15) is 155 Å². The maximum atomic E-state index is 6.76. The van der Waals surface area contributed by atoms with E-state index < -0.39 is 0 Å². The lowest BCUT2D eigenvalue weighted by Gasteiger charge is -2.31. The molecule has 4 atom stereocenters. The summed E-state index contributed by atoms with van der Waals surface area (Å²) in [7, 11) is 4.39. The molecule has 0 spiro atoms. The third kappa shape index (κ3) is 12.6. The molecule has 1 aliphatic carbocycles. The van der Waals surface area contributed by atoms with E-state index in [-0.39, 0.29) is 5.79 Å². The van der Waals surface area contributed by atoms with Crippen molar-refractivity contribution >= 4 is 0 Å². The molecule has 0 N–H and O–H groups in total. The highest BCUT2D eigenvalue weighted by atomic mass is 16.8. The number of ether oxygens (including phenoxy) is 2. The monoisotopic (exact) mass is 491 g/mol. The highest BCUT2D eigenvalue weighted by molar-refractivity contribution is 4.96. The average Bonchev–Trinajstić information content (AvgIpc) is 3.38. The predicted octanol–water partition coefficient (Wildman–Crippen LogP) is 9.59. The smallest absolute Gasteiger partial charge is 0.169 e. The van der Waals surface area contributed by atoms with Gasteiger partial charge in [0.15, 0.2) is 5.79 Å². The number of hydrogen-bond donors (Lipinski definition) is 0. The summed E-state index contributed by atoms with van der Waals surface area (Å²) in [6, 6.07) is 0.618. The fraction of sp³-hybridized carbons (Fsp3) is 0.938. The largest absolute Gasteiger partial charge is 0.344 e. The number of allylic oxidation sites excluding steroid dienone is 2. The van der Waals surface area contributed by atoms with Crippen LogP contribution in [0.5, 0.6) is 0 Å². The third-order valence-corrected chi connectivity index (χ3v) is 8.38. The van der Waals surface area contributed by atoms with Crippen molar-refractivity contribution in [3.8, 4) is 0 Å². The van der Waals surface area contributed by atoms with E-state index >= 15 is 0 Å². The minimum Gasteiger partial charge on any atom is -0.344 e. The lowest BCUT2D eigenvalue weighted by Crippen LogP contribution is -2.34. The Bertz CT molecular complexity index is 518. The fourth-order valence-corrected chi connectivity index (χ4v) is 6.08. The molecule has 0 aromatic heterocycles. The summed E-state index contributed by atoms with van der Waals surface area (Å²) >= 11 is 0. The highest BCUT2D eigenvalue weighted by Gasteiger charge is 2.51. The van der Waals surface area contributed by atoms with Crippen molar-refractivity contribution < 1.29 is 9.47 Å². The zero-order valence-corrected chi connectivity index (χ0v) is 24.2. The molecule has 3 nitrogen and oxygen atoms in total. The number of nitrogens with zero attached hydrogens (tertiary/aromatic N) is 1. The van der Waals surface area contributed by atoms with Gasteiger partial charge < -0.3 is 14.4 Å². The van der Waals surface area contributed by atoms with Crippen molar-refractivity contribution in [3.05, 3.63) is 12.2 Å². The van der Waals surface area contributed by atoms with Crippen LogP contribution in [0, 0.1) is 0 Å². The second-order valence-corrected chi connectivity index (χ2v) is 11.8. The van der Waals surface area contributed by atoms with Crippen LogP contribution in [0.2, 0.25) is 0 Å². The molecule has 0 aromatic rings. The van der Waals surface area contributed by atoms with Crippen molar-refractivity contribution in [2.45, 2.75) is 179 Å². The minimum absolute atomic E-state index is 0.280. The Labute approximate surface area is 219 Å². The minimum atomic E-state index is -0.280. The van der Waals surface area contributed by atoms with Crippen LogP contribution in [-0.2, 0) is 9.47 Å². The van der Waals surface area contributed by atoms with Crippen LogP contribution in [0.3, 0.4) is 0 Å². The van der Waals surface area contributed by atoms with Gasteiger partial charge in [0.05, 0.1) is 12.2 Å². The molecule has 2 rings (SSSR count). The molecule has 0 amide bonds. The molecule has 35 heavy (non-hydrogen) atoms. The summed E-state index contributed by atoms with van der Waals surface area (Å²) in [5.41, 5.74) is 0. The van der Waals surface area contributed by atoms with Gasteiger partial charge in [-0.05, 0) is 59.0 Å². The zero-order chi connectivity index (χ0) is 25.2. The number of unbranched alkanes of at least 4 members (excludes halogenated alkanes) is 15. The maximum Gasteiger partial charge on any atom is 0.169 e. The van der Waals surface area contributed by atoms with Crippen LogP contribution in [0.4, 0.5) is 0 Å². The summed E-state index contributed by atoms with van der Waals surface area (Å²) in [4.78, 5) is 2.35. The molecule has 2 aliphatic rings. The lowest BCUT2D eigenvalue weighted by atomic mass is 9.98. The van der Waals surface area contributed by atoms with Crippen LogP contribution in [0.15, 0.2) is 12.2 Å².